The maximum atomic E-state index is 3.90. The molecule has 2 saturated heterocycles. The first-order chi connectivity index (χ1) is 9.55. The van der Waals surface area contributed by atoms with Crippen LogP contribution < -0.4 is 5.32 Å². The van der Waals surface area contributed by atoms with Gasteiger partial charge in [-0.2, -0.15) is 0 Å². The number of rotatable bonds is 5. The Labute approximate surface area is 126 Å². The zero-order valence-corrected chi connectivity index (χ0v) is 14.3. The Balaban J connectivity index is 1.94. The summed E-state index contributed by atoms with van der Waals surface area (Å²) in [5, 5.41) is 3.90. The van der Waals surface area contributed by atoms with Crippen molar-refractivity contribution in [3.8, 4) is 0 Å². The van der Waals surface area contributed by atoms with Crippen LogP contribution in [0.1, 0.15) is 79.1 Å². The van der Waals surface area contributed by atoms with E-state index in [1.165, 1.54) is 64.5 Å². The quantitative estimate of drug-likeness (QED) is 0.812. The fraction of sp³-hybridized carbons (Fsp3) is 1.00. The van der Waals surface area contributed by atoms with E-state index in [0.29, 0.717) is 5.54 Å². The summed E-state index contributed by atoms with van der Waals surface area (Å²) >= 11 is 0. The van der Waals surface area contributed by atoms with Crippen LogP contribution in [0.5, 0.6) is 0 Å². The Bertz CT molecular complexity index is 279. The average molecular weight is 280 g/mol. The minimum absolute atomic E-state index is 0.429. The van der Waals surface area contributed by atoms with Gasteiger partial charge in [0, 0.05) is 17.6 Å². The van der Waals surface area contributed by atoms with Crippen LogP contribution in [0.15, 0.2) is 0 Å². The highest BCUT2D eigenvalue weighted by Gasteiger charge is 2.36. The molecule has 0 saturated carbocycles. The zero-order valence-electron chi connectivity index (χ0n) is 14.3. The van der Waals surface area contributed by atoms with Gasteiger partial charge in [0.05, 0.1) is 0 Å². The van der Waals surface area contributed by atoms with Crippen molar-refractivity contribution in [1.82, 2.24) is 10.2 Å². The van der Waals surface area contributed by atoms with Crippen molar-refractivity contribution in [3.63, 3.8) is 0 Å². The molecule has 20 heavy (non-hydrogen) atoms. The molecule has 0 radical (unpaired) electrons. The van der Waals surface area contributed by atoms with Crippen LogP contribution in [0, 0.1) is 5.92 Å². The van der Waals surface area contributed by atoms with Gasteiger partial charge >= 0.3 is 0 Å². The largest absolute Gasteiger partial charge is 0.311 e. The summed E-state index contributed by atoms with van der Waals surface area (Å²) < 4.78 is 0. The first kappa shape index (κ1) is 16.3. The molecule has 2 aliphatic rings. The fourth-order valence-electron chi connectivity index (χ4n) is 4.42. The molecule has 2 rings (SSSR count). The fourth-order valence-corrected chi connectivity index (χ4v) is 4.42. The first-order valence-electron chi connectivity index (χ1n) is 9.06. The second-order valence-electron chi connectivity index (χ2n) is 7.71. The molecular formula is C18H36N2. The van der Waals surface area contributed by atoms with Gasteiger partial charge in [0.15, 0.2) is 0 Å². The van der Waals surface area contributed by atoms with E-state index in [9.17, 15) is 0 Å². The number of nitrogens with one attached hydrogen (secondary N) is 1. The van der Waals surface area contributed by atoms with Gasteiger partial charge in [-0.05, 0) is 71.4 Å². The summed E-state index contributed by atoms with van der Waals surface area (Å²) in [6.45, 7) is 12.1. The van der Waals surface area contributed by atoms with Crippen LogP contribution >= 0.6 is 0 Å². The van der Waals surface area contributed by atoms with Gasteiger partial charge in [-0.1, -0.05) is 26.7 Å². The van der Waals surface area contributed by atoms with Crippen molar-refractivity contribution >= 4 is 0 Å². The normalized spacial score (nSPS) is 33.0. The molecule has 1 N–H and O–H groups in total. The predicted octanol–water partition coefficient (Wildman–Crippen LogP) is 4.20. The lowest BCUT2D eigenvalue weighted by Gasteiger charge is -2.45. The molecule has 2 unspecified atom stereocenters. The molecule has 0 aromatic heterocycles. The van der Waals surface area contributed by atoms with Crippen LogP contribution in [0.4, 0.5) is 0 Å². The molecule has 0 aliphatic carbocycles. The van der Waals surface area contributed by atoms with Gasteiger partial charge in [0.1, 0.15) is 0 Å². The summed E-state index contributed by atoms with van der Waals surface area (Å²) in [5.41, 5.74) is 0.429. The molecule has 118 valence electrons. The Morgan fingerprint density at radius 1 is 1.10 bits per heavy atom. The third-order valence-electron chi connectivity index (χ3n) is 5.89. The standard InChI is InChI=1S/C18H36N2/c1-15(2)18(11-6-7-13-19-18)12-10-17-9-5-8-14-20(17)16(3)4/h15-17,19H,5-14H2,1-4H3. The molecule has 2 heterocycles. The third-order valence-corrected chi connectivity index (χ3v) is 5.89. The minimum atomic E-state index is 0.429. The Morgan fingerprint density at radius 2 is 1.90 bits per heavy atom. The topological polar surface area (TPSA) is 15.3 Å². The Morgan fingerprint density at radius 3 is 2.50 bits per heavy atom. The van der Waals surface area contributed by atoms with E-state index in [-0.39, 0.29) is 0 Å². The van der Waals surface area contributed by atoms with Gasteiger partial charge in [-0.3, -0.25) is 4.90 Å². The molecule has 2 heteroatoms. The second kappa shape index (κ2) is 7.26. The number of hydrogen-bond acceptors (Lipinski definition) is 2. The SMILES string of the molecule is CC(C)N1CCCCC1CCC1(C(C)C)CCCCN1. The van der Waals surface area contributed by atoms with Gasteiger partial charge < -0.3 is 5.32 Å². The van der Waals surface area contributed by atoms with E-state index in [0.717, 1.165) is 18.0 Å². The molecule has 0 amide bonds. The molecule has 2 nitrogen and oxygen atoms in total. The van der Waals surface area contributed by atoms with Gasteiger partial charge in [-0.25, -0.2) is 0 Å². The maximum Gasteiger partial charge on any atom is 0.0205 e. The molecule has 2 aliphatic heterocycles. The first-order valence-corrected chi connectivity index (χ1v) is 9.06. The second-order valence-corrected chi connectivity index (χ2v) is 7.71. The summed E-state index contributed by atoms with van der Waals surface area (Å²) in [4.78, 5) is 2.76. The van der Waals surface area contributed by atoms with Gasteiger partial charge in [0.25, 0.3) is 0 Å². The molecule has 0 bridgehead atoms. The van der Waals surface area contributed by atoms with Crippen molar-refractivity contribution in [2.75, 3.05) is 13.1 Å². The van der Waals surface area contributed by atoms with Crippen molar-refractivity contribution in [2.45, 2.75) is 96.7 Å². The predicted molar refractivity (Wildman–Crippen MR) is 88.1 cm³/mol. The van der Waals surface area contributed by atoms with Crippen LogP contribution in [-0.2, 0) is 0 Å². The van der Waals surface area contributed by atoms with Crippen LogP contribution in [0.3, 0.4) is 0 Å². The van der Waals surface area contributed by atoms with E-state index in [2.05, 4.69) is 37.9 Å². The molecule has 2 fully saturated rings. The summed E-state index contributed by atoms with van der Waals surface area (Å²) in [6, 6.07) is 1.55. The van der Waals surface area contributed by atoms with Gasteiger partial charge in [0.2, 0.25) is 0 Å². The number of hydrogen-bond donors (Lipinski definition) is 1. The van der Waals surface area contributed by atoms with Crippen LogP contribution in [0.25, 0.3) is 0 Å². The lowest BCUT2D eigenvalue weighted by Crippen LogP contribution is -2.54. The summed E-state index contributed by atoms with van der Waals surface area (Å²) in [5.74, 6) is 0.763. The molecule has 2 atom stereocenters. The average Bonchev–Trinajstić information content (AvgIpc) is 2.46. The molecule has 0 aromatic rings. The minimum Gasteiger partial charge on any atom is -0.311 e. The van der Waals surface area contributed by atoms with Crippen molar-refractivity contribution in [2.24, 2.45) is 5.92 Å². The van der Waals surface area contributed by atoms with E-state index >= 15 is 0 Å². The number of likely N-dealkylation sites (tertiary alicyclic amines) is 1. The number of nitrogens with zero attached hydrogens (tertiary/aromatic N) is 1. The molecule has 0 spiro atoms. The highest BCUT2D eigenvalue weighted by atomic mass is 15.2. The maximum absolute atomic E-state index is 3.90. The number of piperidine rings is 2. The Hall–Kier alpha value is -0.0800. The lowest BCUT2D eigenvalue weighted by molar-refractivity contribution is 0.0832. The third kappa shape index (κ3) is 3.76. The highest BCUT2D eigenvalue weighted by Crippen LogP contribution is 2.34. The Kier molecular flexibility index (Phi) is 5.92. The van der Waals surface area contributed by atoms with Crippen LogP contribution in [-0.4, -0.2) is 35.6 Å². The zero-order chi connectivity index (χ0) is 14.6. The molecule has 0 aromatic carbocycles. The van der Waals surface area contributed by atoms with Crippen LogP contribution in [0.2, 0.25) is 0 Å². The van der Waals surface area contributed by atoms with Crippen molar-refractivity contribution < 1.29 is 0 Å². The van der Waals surface area contributed by atoms with Crippen molar-refractivity contribution in [3.05, 3.63) is 0 Å². The summed E-state index contributed by atoms with van der Waals surface area (Å²) in [6.07, 6.45) is 11.2. The lowest BCUT2D eigenvalue weighted by atomic mass is 9.75. The molecular weight excluding hydrogens is 244 g/mol. The van der Waals surface area contributed by atoms with Gasteiger partial charge in [-0.15, -0.1) is 0 Å². The smallest absolute Gasteiger partial charge is 0.0205 e. The highest BCUT2D eigenvalue weighted by molar-refractivity contribution is 4.95. The summed E-state index contributed by atoms with van der Waals surface area (Å²) in [7, 11) is 0. The van der Waals surface area contributed by atoms with E-state index in [1.54, 1.807) is 0 Å². The van der Waals surface area contributed by atoms with E-state index in [1.807, 2.05) is 0 Å². The van der Waals surface area contributed by atoms with E-state index < -0.39 is 0 Å². The van der Waals surface area contributed by atoms with Crippen molar-refractivity contribution in [1.29, 1.82) is 0 Å². The monoisotopic (exact) mass is 280 g/mol. The van der Waals surface area contributed by atoms with E-state index in [4.69, 9.17) is 0 Å².